The molecule has 128 valence electrons. The first-order chi connectivity index (χ1) is 12.6. The van der Waals surface area contributed by atoms with Crippen molar-refractivity contribution in [3.05, 3.63) is 52.2 Å². The van der Waals surface area contributed by atoms with Gasteiger partial charge in [0.05, 0.1) is 16.6 Å². The largest absolute Gasteiger partial charge is 0.353 e. The Balaban J connectivity index is 1.89. The number of hydrogen-bond donors (Lipinski definition) is 3. The van der Waals surface area contributed by atoms with Crippen molar-refractivity contribution in [2.75, 3.05) is 0 Å². The summed E-state index contributed by atoms with van der Waals surface area (Å²) in [5, 5.41) is 6.55. The minimum Gasteiger partial charge on any atom is -0.353 e. The second kappa shape index (κ2) is 4.58. The second-order valence-electron chi connectivity index (χ2n) is 7.77. The molecule has 2 aliphatic rings. The summed E-state index contributed by atoms with van der Waals surface area (Å²) >= 11 is 0. The number of benzene rings is 2. The van der Waals surface area contributed by atoms with E-state index in [0.29, 0.717) is 12.5 Å². The number of hydrogen-bond acceptors (Lipinski definition) is 1. The van der Waals surface area contributed by atoms with Crippen LogP contribution in [-0.4, -0.2) is 15.9 Å². The predicted molar refractivity (Wildman–Crippen MR) is 105 cm³/mol. The molecular formula is C22H19N3O. The summed E-state index contributed by atoms with van der Waals surface area (Å²) in [5.74, 6) is 0.542. The number of allylic oxidation sites excluding steroid dienone is 1. The van der Waals surface area contributed by atoms with Gasteiger partial charge in [0.25, 0.3) is 5.91 Å². The summed E-state index contributed by atoms with van der Waals surface area (Å²) in [7, 11) is 0. The van der Waals surface area contributed by atoms with Crippen molar-refractivity contribution in [2.45, 2.75) is 26.8 Å². The lowest BCUT2D eigenvalue weighted by molar-refractivity contribution is 0.0967. The molecule has 2 aromatic carbocycles. The van der Waals surface area contributed by atoms with E-state index < -0.39 is 0 Å². The Bertz CT molecular complexity index is 1300. The Morgan fingerprint density at radius 3 is 2.81 bits per heavy atom. The van der Waals surface area contributed by atoms with Gasteiger partial charge in [0, 0.05) is 33.9 Å². The Kier molecular flexibility index (Phi) is 2.50. The highest BCUT2D eigenvalue weighted by Gasteiger charge is 2.31. The summed E-state index contributed by atoms with van der Waals surface area (Å²) < 4.78 is 0. The Hall–Kier alpha value is -3.01. The van der Waals surface area contributed by atoms with E-state index in [1.165, 1.54) is 21.9 Å². The van der Waals surface area contributed by atoms with Gasteiger partial charge in [0.2, 0.25) is 0 Å². The van der Waals surface area contributed by atoms with Gasteiger partial charge in [-0.1, -0.05) is 24.6 Å². The van der Waals surface area contributed by atoms with Crippen molar-refractivity contribution in [1.29, 1.82) is 0 Å². The third kappa shape index (κ3) is 1.62. The molecule has 1 atom stereocenters. The SMILES string of the molecule is Cc1ccc2[nH]c3c4[nH]c5c(c4c4c(c3c2c1)CNC4=O)CC(C)C=C5. The lowest BCUT2D eigenvalue weighted by atomic mass is 9.89. The summed E-state index contributed by atoms with van der Waals surface area (Å²) in [6.45, 7) is 4.94. The maximum Gasteiger partial charge on any atom is 0.252 e. The van der Waals surface area contributed by atoms with Crippen LogP contribution < -0.4 is 5.32 Å². The number of aromatic amines is 2. The van der Waals surface area contributed by atoms with Crippen LogP contribution in [0.25, 0.3) is 38.8 Å². The molecule has 0 bridgehead atoms. The number of nitrogens with one attached hydrogen (secondary N) is 3. The van der Waals surface area contributed by atoms with Gasteiger partial charge in [-0.2, -0.15) is 0 Å². The third-order valence-corrected chi connectivity index (χ3v) is 5.96. The van der Waals surface area contributed by atoms with Crippen LogP contribution in [0.15, 0.2) is 24.3 Å². The van der Waals surface area contributed by atoms with E-state index in [2.05, 4.69) is 59.5 Å². The summed E-state index contributed by atoms with van der Waals surface area (Å²) in [4.78, 5) is 20.0. The number of carbonyl (C=O) groups is 1. The Morgan fingerprint density at radius 1 is 1.08 bits per heavy atom. The first-order valence-electron chi connectivity index (χ1n) is 9.19. The van der Waals surface area contributed by atoms with Crippen molar-refractivity contribution in [1.82, 2.24) is 15.3 Å². The summed E-state index contributed by atoms with van der Waals surface area (Å²) in [6, 6.07) is 6.48. The van der Waals surface area contributed by atoms with E-state index in [9.17, 15) is 4.79 Å². The molecule has 3 heterocycles. The molecule has 0 spiro atoms. The topological polar surface area (TPSA) is 60.7 Å². The third-order valence-electron chi connectivity index (χ3n) is 5.96. The molecule has 2 aromatic heterocycles. The van der Waals surface area contributed by atoms with Gasteiger partial charge in [-0.05, 0) is 48.6 Å². The molecule has 4 heteroatoms. The quantitative estimate of drug-likeness (QED) is 0.431. The fraction of sp³-hybridized carbons (Fsp3) is 0.227. The molecule has 4 aromatic rings. The van der Waals surface area contributed by atoms with Crippen molar-refractivity contribution >= 4 is 44.7 Å². The van der Waals surface area contributed by atoms with Gasteiger partial charge in [0.1, 0.15) is 0 Å². The minimum absolute atomic E-state index is 0.0536. The van der Waals surface area contributed by atoms with Crippen LogP contribution in [0.3, 0.4) is 0 Å². The molecule has 0 saturated carbocycles. The van der Waals surface area contributed by atoms with Crippen LogP contribution in [0, 0.1) is 12.8 Å². The van der Waals surface area contributed by atoms with Crippen LogP contribution >= 0.6 is 0 Å². The van der Waals surface area contributed by atoms with E-state index in [1.807, 2.05) is 0 Å². The van der Waals surface area contributed by atoms with Crippen LogP contribution in [0.5, 0.6) is 0 Å². The van der Waals surface area contributed by atoms with Crippen molar-refractivity contribution < 1.29 is 4.79 Å². The predicted octanol–water partition coefficient (Wildman–Crippen LogP) is 4.56. The molecule has 1 aliphatic carbocycles. The van der Waals surface area contributed by atoms with E-state index >= 15 is 0 Å². The lowest BCUT2D eigenvalue weighted by Gasteiger charge is -2.13. The second-order valence-corrected chi connectivity index (χ2v) is 7.77. The molecule has 0 radical (unpaired) electrons. The van der Waals surface area contributed by atoms with Crippen LogP contribution in [0.2, 0.25) is 0 Å². The highest BCUT2D eigenvalue weighted by atomic mass is 16.1. The van der Waals surface area contributed by atoms with Crippen LogP contribution in [0.1, 0.15) is 39.7 Å². The Labute approximate surface area is 150 Å². The standard InChI is InChI=1S/C22H19N3O/c1-10-3-5-15-12(7-10)17-14-9-23-22(26)19(14)18-13-8-11(2)4-6-16(13)25-21(18)20(17)24-15/h3-7,11,24-25H,8-9H2,1-2H3,(H,23,26). The van der Waals surface area contributed by atoms with Gasteiger partial charge >= 0.3 is 0 Å². The molecule has 0 fully saturated rings. The normalized spacial score (nSPS) is 18.7. The highest BCUT2D eigenvalue weighted by molar-refractivity contribution is 6.25. The summed E-state index contributed by atoms with van der Waals surface area (Å²) in [5.41, 5.74) is 8.96. The fourth-order valence-electron chi connectivity index (χ4n) is 4.79. The number of aryl methyl sites for hydroxylation is 1. The maximum absolute atomic E-state index is 12.8. The monoisotopic (exact) mass is 341 g/mol. The summed E-state index contributed by atoms with van der Waals surface area (Å²) in [6.07, 6.45) is 5.38. The van der Waals surface area contributed by atoms with Crippen LogP contribution in [0.4, 0.5) is 0 Å². The molecule has 26 heavy (non-hydrogen) atoms. The van der Waals surface area contributed by atoms with Gasteiger partial charge in [-0.3, -0.25) is 4.79 Å². The van der Waals surface area contributed by atoms with Crippen molar-refractivity contribution in [3.8, 4) is 0 Å². The van der Waals surface area contributed by atoms with Gasteiger partial charge < -0.3 is 15.3 Å². The molecule has 0 saturated heterocycles. The highest BCUT2D eigenvalue weighted by Crippen LogP contribution is 2.42. The van der Waals surface area contributed by atoms with Gasteiger partial charge in [-0.15, -0.1) is 0 Å². The zero-order valence-electron chi connectivity index (χ0n) is 14.8. The minimum atomic E-state index is 0.0536. The average molecular weight is 341 g/mol. The van der Waals surface area contributed by atoms with E-state index in [-0.39, 0.29) is 5.91 Å². The van der Waals surface area contributed by atoms with Crippen molar-refractivity contribution in [2.24, 2.45) is 5.92 Å². The number of aromatic nitrogens is 2. The number of H-pyrrole nitrogens is 2. The smallest absolute Gasteiger partial charge is 0.252 e. The first-order valence-corrected chi connectivity index (χ1v) is 9.19. The van der Waals surface area contributed by atoms with E-state index in [0.717, 1.165) is 45.2 Å². The first kappa shape index (κ1) is 14.2. The zero-order chi connectivity index (χ0) is 17.6. The lowest BCUT2D eigenvalue weighted by Crippen LogP contribution is -2.13. The number of amides is 1. The molecule has 1 amide bonds. The number of rotatable bonds is 0. The molecular weight excluding hydrogens is 322 g/mol. The van der Waals surface area contributed by atoms with E-state index in [4.69, 9.17) is 0 Å². The molecule has 4 nitrogen and oxygen atoms in total. The van der Waals surface area contributed by atoms with Crippen LogP contribution in [-0.2, 0) is 13.0 Å². The molecule has 3 N–H and O–H groups in total. The Morgan fingerprint density at radius 2 is 1.92 bits per heavy atom. The maximum atomic E-state index is 12.8. The number of carbonyl (C=O) groups excluding carboxylic acids is 1. The molecule has 6 rings (SSSR count). The van der Waals surface area contributed by atoms with Gasteiger partial charge in [-0.25, -0.2) is 0 Å². The van der Waals surface area contributed by atoms with Gasteiger partial charge in [0.15, 0.2) is 0 Å². The van der Waals surface area contributed by atoms with E-state index in [1.54, 1.807) is 0 Å². The fourth-order valence-corrected chi connectivity index (χ4v) is 4.79. The van der Waals surface area contributed by atoms with Crippen molar-refractivity contribution in [3.63, 3.8) is 0 Å². The number of fused-ring (bicyclic) bond motifs is 10. The zero-order valence-corrected chi connectivity index (χ0v) is 14.8. The average Bonchev–Trinajstić information content (AvgIpc) is 3.27. The molecule has 1 aliphatic heterocycles. The molecule has 1 unspecified atom stereocenters.